The van der Waals surface area contributed by atoms with Gasteiger partial charge in [0.1, 0.15) is 12.4 Å². The maximum atomic E-state index is 12.2. The van der Waals surface area contributed by atoms with Crippen molar-refractivity contribution in [1.29, 1.82) is 0 Å². The average molecular weight is 329 g/mol. The first-order valence-electron chi connectivity index (χ1n) is 7.73. The van der Waals surface area contributed by atoms with Gasteiger partial charge in [-0.25, -0.2) is 4.79 Å². The number of aryl methyl sites for hydroxylation is 1. The van der Waals surface area contributed by atoms with Crippen molar-refractivity contribution in [2.75, 3.05) is 18.5 Å². The standard InChI is InChI=1S/C16H19N5O3/c1-3-17-15-18-13-12(14(22)19-16(23)20(13)2)21(15)9-10-24-11-7-5-4-6-8-11/h4-8H,3,9-10H2,1-2H3,(H,17,18)(H,19,22,23). The van der Waals surface area contributed by atoms with Crippen LogP contribution in [0.2, 0.25) is 0 Å². The molecule has 0 atom stereocenters. The number of hydrogen-bond acceptors (Lipinski definition) is 5. The summed E-state index contributed by atoms with van der Waals surface area (Å²) in [5, 5.41) is 3.12. The van der Waals surface area contributed by atoms with E-state index in [2.05, 4.69) is 15.3 Å². The smallest absolute Gasteiger partial charge is 0.329 e. The first kappa shape index (κ1) is 15.9. The fraction of sp³-hybridized carbons (Fsp3) is 0.312. The SMILES string of the molecule is CCNc1nc2c(c(=O)[nH]c(=O)n2C)n1CCOc1ccccc1. The first-order chi connectivity index (χ1) is 11.6. The van der Waals surface area contributed by atoms with Crippen molar-refractivity contribution in [3.63, 3.8) is 0 Å². The number of hydrogen-bond donors (Lipinski definition) is 2. The van der Waals surface area contributed by atoms with Crippen molar-refractivity contribution in [1.82, 2.24) is 19.1 Å². The Labute approximate surface area is 137 Å². The molecule has 0 aliphatic heterocycles. The summed E-state index contributed by atoms with van der Waals surface area (Å²) >= 11 is 0. The highest BCUT2D eigenvalue weighted by Crippen LogP contribution is 2.15. The van der Waals surface area contributed by atoms with Gasteiger partial charge < -0.3 is 14.6 Å². The van der Waals surface area contributed by atoms with Crippen LogP contribution in [-0.2, 0) is 13.6 Å². The predicted octanol–water partition coefficient (Wildman–Crippen LogP) is 0.934. The minimum Gasteiger partial charge on any atom is -0.492 e. The molecule has 8 heteroatoms. The van der Waals surface area contributed by atoms with Crippen LogP contribution in [0, 0.1) is 0 Å². The fourth-order valence-corrected chi connectivity index (χ4v) is 2.52. The summed E-state index contributed by atoms with van der Waals surface area (Å²) in [7, 11) is 1.58. The lowest BCUT2D eigenvalue weighted by Gasteiger charge is -2.10. The summed E-state index contributed by atoms with van der Waals surface area (Å²) in [5.74, 6) is 1.30. The zero-order valence-electron chi connectivity index (χ0n) is 13.6. The van der Waals surface area contributed by atoms with Crippen LogP contribution in [-0.4, -0.2) is 32.3 Å². The van der Waals surface area contributed by atoms with Crippen LogP contribution < -0.4 is 21.3 Å². The Bertz CT molecular complexity index is 955. The molecule has 126 valence electrons. The highest BCUT2D eigenvalue weighted by atomic mass is 16.5. The molecule has 0 spiro atoms. The number of benzene rings is 1. The lowest BCUT2D eigenvalue weighted by atomic mass is 10.3. The molecule has 0 unspecified atom stereocenters. The lowest BCUT2D eigenvalue weighted by Crippen LogP contribution is -2.29. The van der Waals surface area contributed by atoms with E-state index < -0.39 is 11.2 Å². The van der Waals surface area contributed by atoms with Gasteiger partial charge in [-0.1, -0.05) is 18.2 Å². The van der Waals surface area contributed by atoms with Gasteiger partial charge in [0, 0.05) is 13.6 Å². The summed E-state index contributed by atoms with van der Waals surface area (Å²) < 4.78 is 8.76. The zero-order valence-corrected chi connectivity index (χ0v) is 13.6. The number of aromatic amines is 1. The van der Waals surface area contributed by atoms with Crippen molar-refractivity contribution in [2.24, 2.45) is 7.05 Å². The Kier molecular flexibility index (Phi) is 4.37. The van der Waals surface area contributed by atoms with Crippen molar-refractivity contribution in [2.45, 2.75) is 13.5 Å². The van der Waals surface area contributed by atoms with Gasteiger partial charge in [-0.2, -0.15) is 4.98 Å². The lowest BCUT2D eigenvalue weighted by molar-refractivity contribution is 0.301. The summed E-state index contributed by atoms with van der Waals surface area (Å²) in [4.78, 5) is 30.7. The molecule has 0 fully saturated rings. The number of imidazole rings is 1. The summed E-state index contributed by atoms with van der Waals surface area (Å²) in [5.41, 5.74) is -0.241. The Morgan fingerprint density at radius 3 is 2.71 bits per heavy atom. The molecule has 0 bridgehead atoms. The molecule has 0 aliphatic rings. The van der Waals surface area contributed by atoms with Gasteiger partial charge in [0.05, 0.1) is 6.54 Å². The number of rotatable bonds is 6. The molecule has 2 aromatic heterocycles. The average Bonchev–Trinajstić information content (AvgIpc) is 2.93. The van der Waals surface area contributed by atoms with E-state index in [1.807, 2.05) is 37.3 Å². The number of nitrogens with zero attached hydrogens (tertiary/aromatic N) is 3. The van der Waals surface area contributed by atoms with E-state index in [-0.39, 0.29) is 0 Å². The number of H-pyrrole nitrogens is 1. The predicted molar refractivity (Wildman–Crippen MR) is 91.7 cm³/mol. The third-order valence-electron chi connectivity index (χ3n) is 3.67. The van der Waals surface area contributed by atoms with Gasteiger partial charge in [-0.05, 0) is 19.1 Å². The van der Waals surface area contributed by atoms with E-state index in [9.17, 15) is 9.59 Å². The quantitative estimate of drug-likeness (QED) is 0.702. The Morgan fingerprint density at radius 2 is 2.00 bits per heavy atom. The number of aromatic nitrogens is 4. The normalized spacial score (nSPS) is 10.9. The summed E-state index contributed by atoms with van der Waals surface area (Å²) in [6, 6.07) is 9.44. The van der Waals surface area contributed by atoms with Crippen molar-refractivity contribution >= 4 is 17.1 Å². The van der Waals surface area contributed by atoms with E-state index in [0.29, 0.717) is 36.8 Å². The van der Waals surface area contributed by atoms with Crippen LogP contribution in [0.15, 0.2) is 39.9 Å². The van der Waals surface area contributed by atoms with Crippen LogP contribution in [0.1, 0.15) is 6.92 Å². The van der Waals surface area contributed by atoms with Gasteiger partial charge in [0.25, 0.3) is 5.56 Å². The molecular weight excluding hydrogens is 310 g/mol. The van der Waals surface area contributed by atoms with Crippen molar-refractivity contribution in [3.05, 3.63) is 51.2 Å². The second kappa shape index (κ2) is 6.61. The summed E-state index contributed by atoms with van der Waals surface area (Å²) in [6.07, 6.45) is 0. The molecule has 0 saturated heterocycles. The highest BCUT2D eigenvalue weighted by molar-refractivity contribution is 5.74. The molecule has 2 N–H and O–H groups in total. The maximum absolute atomic E-state index is 12.2. The molecule has 0 amide bonds. The van der Waals surface area contributed by atoms with Crippen LogP contribution in [0.5, 0.6) is 5.75 Å². The number of ether oxygens (including phenoxy) is 1. The largest absolute Gasteiger partial charge is 0.492 e. The van der Waals surface area contributed by atoms with Gasteiger partial charge in [0.15, 0.2) is 11.2 Å². The monoisotopic (exact) mass is 329 g/mol. The van der Waals surface area contributed by atoms with Crippen LogP contribution in [0.4, 0.5) is 5.95 Å². The topological polar surface area (TPSA) is 93.9 Å². The second-order valence-corrected chi connectivity index (χ2v) is 5.27. The van der Waals surface area contributed by atoms with Crippen LogP contribution in [0.3, 0.4) is 0 Å². The molecule has 3 rings (SSSR count). The first-order valence-corrected chi connectivity index (χ1v) is 7.73. The third-order valence-corrected chi connectivity index (χ3v) is 3.67. The number of para-hydroxylation sites is 1. The van der Waals surface area contributed by atoms with Gasteiger partial charge in [0.2, 0.25) is 5.95 Å². The van der Waals surface area contributed by atoms with Gasteiger partial charge in [-0.15, -0.1) is 0 Å². The van der Waals surface area contributed by atoms with E-state index in [1.165, 1.54) is 4.57 Å². The van der Waals surface area contributed by atoms with E-state index >= 15 is 0 Å². The van der Waals surface area contributed by atoms with Crippen molar-refractivity contribution < 1.29 is 4.74 Å². The molecular formula is C16H19N5O3. The minimum atomic E-state index is -0.485. The zero-order chi connectivity index (χ0) is 17.1. The third kappa shape index (κ3) is 2.90. The molecule has 1 aromatic carbocycles. The van der Waals surface area contributed by atoms with E-state index in [1.54, 1.807) is 11.6 Å². The van der Waals surface area contributed by atoms with E-state index in [0.717, 1.165) is 5.75 Å². The molecule has 0 radical (unpaired) electrons. The molecule has 0 saturated carbocycles. The second-order valence-electron chi connectivity index (χ2n) is 5.27. The molecule has 3 aromatic rings. The van der Waals surface area contributed by atoms with Crippen LogP contribution >= 0.6 is 0 Å². The van der Waals surface area contributed by atoms with Gasteiger partial charge >= 0.3 is 5.69 Å². The molecule has 8 nitrogen and oxygen atoms in total. The van der Waals surface area contributed by atoms with Crippen molar-refractivity contribution in [3.8, 4) is 5.75 Å². The number of fused-ring (bicyclic) bond motifs is 1. The Hall–Kier alpha value is -3.03. The number of anilines is 1. The Balaban J connectivity index is 1.96. The number of nitrogens with one attached hydrogen (secondary N) is 2. The van der Waals surface area contributed by atoms with Gasteiger partial charge in [-0.3, -0.25) is 14.3 Å². The Morgan fingerprint density at radius 1 is 1.25 bits per heavy atom. The summed E-state index contributed by atoms with van der Waals surface area (Å²) in [6.45, 7) is 3.38. The maximum Gasteiger partial charge on any atom is 0.329 e. The van der Waals surface area contributed by atoms with Crippen LogP contribution in [0.25, 0.3) is 11.2 Å². The molecule has 24 heavy (non-hydrogen) atoms. The highest BCUT2D eigenvalue weighted by Gasteiger charge is 2.16. The van der Waals surface area contributed by atoms with E-state index in [4.69, 9.17) is 4.74 Å². The fourth-order valence-electron chi connectivity index (χ4n) is 2.52. The molecule has 0 aliphatic carbocycles. The minimum absolute atomic E-state index is 0.347. The molecule has 2 heterocycles.